The number of rotatable bonds is 1. The standard InChI is InChI=1S/C10H11ClO4/c1-5(12)8-9(11)6(13)4-7-10(8)15-3-2-14-7/h4-5,12-13H,2-3H2,1H3. The maximum absolute atomic E-state index is 9.55. The topological polar surface area (TPSA) is 58.9 Å². The molecule has 1 aliphatic heterocycles. The van der Waals surface area contributed by atoms with Gasteiger partial charge in [-0.15, -0.1) is 0 Å². The van der Waals surface area contributed by atoms with Crippen molar-refractivity contribution in [2.24, 2.45) is 0 Å². The van der Waals surface area contributed by atoms with E-state index in [2.05, 4.69) is 0 Å². The Labute approximate surface area is 92.0 Å². The van der Waals surface area contributed by atoms with Gasteiger partial charge < -0.3 is 19.7 Å². The minimum absolute atomic E-state index is 0.106. The molecule has 0 bridgehead atoms. The molecule has 0 radical (unpaired) electrons. The smallest absolute Gasteiger partial charge is 0.168 e. The molecule has 1 unspecified atom stereocenters. The van der Waals surface area contributed by atoms with Gasteiger partial charge in [0.1, 0.15) is 19.0 Å². The zero-order chi connectivity index (χ0) is 11.0. The highest BCUT2D eigenvalue weighted by Gasteiger charge is 2.24. The number of aromatic hydroxyl groups is 1. The van der Waals surface area contributed by atoms with E-state index in [4.69, 9.17) is 21.1 Å². The van der Waals surface area contributed by atoms with Gasteiger partial charge in [0.25, 0.3) is 0 Å². The molecule has 15 heavy (non-hydrogen) atoms. The van der Waals surface area contributed by atoms with Crippen LogP contribution in [0.25, 0.3) is 0 Å². The Morgan fingerprint density at radius 2 is 2.07 bits per heavy atom. The molecule has 0 spiro atoms. The molecular weight excluding hydrogens is 220 g/mol. The highest BCUT2D eigenvalue weighted by molar-refractivity contribution is 6.33. The molecule has 0 saturated carbocycles. The Balaban J connectivity index is 2.63. The average Bonchev–Trinajstić information content (AvgIpc) is 2.19. The second-order valence-corrected chi connectivity index (χ2v) is 3.70. The highest BCUT2D eigenvalue weighted by Crippen LogP contribution is 2.45. The largest absolute Gasteiger partial charge is 0.506 e. The first-order valence-electron chi connectivity index (χ1n) is 4.60. The van der Waals surface area contributed by atoms with Crippen LogP contribution in [0.2, 0.25) is 5.02 Å². The fourth-order valence-corrected chi connectivity index (χ4v) is 1.85. The third kappa shape index (κ3) is 1.70. The van der Waals surface area contributed by atoms with E-state index in [-0.39, 0.29) is 10.8 Å². The molecule has 2 rings (SSSR count). The Morgan fingerprint density at radius 1 is 1.40 bits per heavy atom. The maximum atomic E-state index is 9.55. The third-order valence-electron chi connectivity index (χ3n) is 2.20. The van der Waals surface area contributed by atoms with Crippen LogP contribution in [-0.4, -0.2) is 23.4 Å². The zero-order valence-corrected chi connectivity index (χ0v) is 8.91. The van der Waals surface area contributed by atoms with Crippen molar-refractivity contribution in [2.45, 2.75) is 13.0 Å². The maximum Gasteiger partial charge on any atom is 0.168 e. The first-order chi connectivity index (χ1) is 7.11. The summed E-state index contributed by atoms with van der Waals surface area (Å²) in [7, 11) is 0. The molecule has 1 aromatic carbocycles. The molecule has 0 saturated heterocycles. The molecule has 2 N–H and O–H groups in total. The van der Waals surface area contributed by atoms with Crippen molar-refractivity contribution in [1.82, 2.24) is 0 Å². The van der Waals surface area contributed by atoms with E-state index in [1.165, 1.54) is 6.07 Å². The molecule has 4 nitrogen and oxygen atoms in total. The average molecular weight is 231 g/mol. The van der Waals surface area contributed by atoms with Crippen molar-refractivity contribution in [3.05, 3.63) is 16.7 Å². The van der Waals surface area contributed by atoms with Crippen molar-refractivity contribution in [2.75, 3.05) is 13.2 Å². The van der Waals surface area contributed by atoms with Crippen LogP contribution < -0.4 is 9.47 Å². The molecule has 1 aromatic rings. The molecule has 0 aromatic heterocycles. The van der Waals surface area contributed by atoms with Gasteiger partial charge in [0.05, 0.1) is 11.1 Å². The Hall–Kier alpha value is -1.13. The molecule has 1 aliphatic rings. The van der Waals surface area contributed by atoms with Crippen LogP contribution in [0.4, 0.5) is 0 Å². The second-order valence-electron chi connectivity index (χ2n) is 3.32. The van der Waals surface area contributed by atoms with E-state index in [0.29, 0.717) is 30.3 Å². The van der Waals surface area contributed by atoms with Crippen LogP contribution in [0, 0.1) is 0 Å². The van der Waals surface area contributed by atoms with Crippen molar-refractivity contribution in [1.29, 1.82) is 0 Å². The van der Waals surface area contributed by atoms with E-state index < -0.39 is 6.10 Å². The van der Waals surface area contributed by atoms with Crippen LogP contribution in [0.3, 0.4) is 0 Å². The molecule has 82 valence electrons. The van der Waals surface area contributed by atoms with E-state index in [9.17, 15) is 10.2 Å². The summed E-state index contributed by atoms with van der Waals surface area (Å²) in [6, 6.07) is 1.39. The number of aliphatic hydroxyl groups excluding tert-OH is 1. The van der Waals surface area contributed by atoms with E-state index in [1.807, 2.05) is 0 Å². The predicted molar refractivity (Wildman–Crippen MR) is 54.7 cm³/mol. The number of hydrogen-bond donors (Lipinski definition) is 2. The van der Waals surface area contributed by atoms with E-state index in [0.717, 1.165) is 0 Å². The number of benzene rings is 1. The summed E-state index contributed by atoms with van der Waals surface area (Å²) in [5.74, 6) is 0.718. The van der Waals surface area contributed by atoms with Gasteiger partial charge in [0.15, 0.2) is 11.5 Å². The summed E-state index contributed by atoms with van der Waals surface area (Å²) in [6.45, 7) is 2.39. The van der Waals surface area contributed by atoms with Gasteiger partial charge in [0.2, 0.25) is 0 Å². The van der Waals surface area contributed by atoms with Crippen LogP contribution in [0.5, 0.6) is 17.2 Å². The fraction of sp³-hybridized carbons (Fsp3) is 0.400. The number of phenolic OH excluding ortho intramolecular Hbond substituents is 1. The Bertz CT molecular complexity index is 389. The first-order valence-corrected chi connectivity index (χ1v) is 4.98. The van der Waals surface area contributed by atoms with Gasteiger partial charge >= 0.3 is 0 Å². The fourth-order valence-electron chi connectivity index (χ4n) is 1.55. The van der Waals surface area contributed by atoms with Crippen LogP contribution in [0.15, 0.2) is 6.07 Å². The number of fused-ring (bicyclic) bond motifs is 1. The minimum atomic E-state index is -0.819. The van der Waals surface area contributed by atoms with E-state index in [1.54, 1.807) is 6.92 Å². The van der Waals surface area contributed by atoms with Gasteiger partial charge in [-0.1, -0.05) is 11.6 Å². The number of hydrogen-bond acceptors (Lipinski definition) is 4. The van der Waals surface area contributed by atoms with Crippen molar-refractivity contribution < 1.29 is 19.7 Å². The number of aliphatic hydroxyl groups is 1. The normalized spacial score (nSPS) is 16.2. The monoisotopic (exact) mass is 230 g/mol. The highest BCUT2D eigenvalue weighted by atomic mass is 35.5. The quantitative estimate of drug-likeness (QED) is 0.773. The van der Waals surface area contributed by atoms with E-state index >= 15 is 0 Å². The van der Waals surface area contributed by atoms with Gasteiger partial charge in [-0.25, -0.2) is 0 Å². The Kier molecular flexibility index (Phi) is 2.63. The summed E-state index contributed by atoms with van der Waals surface area (Å²) in [5.41, 5.74) is 0.367. The third-order valence-corrected chi connectivity index (χ3v) is 2.60. The van der Waals surface area contributed by atoms with Crippen LogP contribution in [-0.2, 0) is 0 Å². The summed E-state index contributed by atoms with van der Waals surface area (Å²) in [6.07, 6.45) is -0.819. The minimum Gasteiger partial charge on any atom is -0.506 e. The van der Waals surface area contributed by atoms with Crippen LogP contribution in [0.1, 0.15) is 18.6 Å². The lowest BCUT2D eigenvalue weighted by molar-refractivity contribution is 0.152. The summed E-state index contributed by atoms with van der Waals surface area (Å²) >= 11 is 5.88. The molecule has 5 heteroatoms. The van der Waals surface area contributed by atoms with Gasteiger partial charge in [-0.3, -0.25) is 0 Å². The SMILES string of the molecule is CC(O)c1c(Cl)c(O)cc2c1OCCO2. The van der Waals surface area contributed by atoms with Crippen LogP contribution >= 0.6 is 11.6 Å². The lowest BCUT2D eigenvalue weighted by Crippen LogP contribution is -2.17. The van der Waals surface area contributed by atoms with Crippen molar-refractivity contribution in [3.8, 4) is 17.2 Å². The molecule has 1 atom stereocenters. The number of ether oxygens (including phenoxy) is 2. The first kappa shape index (κ1) is 10.4. The zero-order valence-electron chi connectivity index (χ0n) is 8.16. The Morgan fingerprint density at radius 3 is 2.73 bits per heavy atom. The molecule has 0 fully saturated rings. The van der Waals surface area contributed by atoms with Gasteiger partial charge in [-0.2, -0.15) is 0 Å². The lowest BCUT2D eigenvalue weighted by atomic mass is 10.1. The molecule has 0 amide bonds. The summed E-state index contributed by atoms with van der Waals surface area (Å²) in [4.78, 5) is 0. The lowest BCUT2D eigenvalue weighted by Gasteiger charge is -2.23. The number of halogens is 1. The predicted octanol–water partition coefficient (Wildman–Crippen LogP) is 1.87. The molecule has 0 aliphatic carbocycles. The van der Waals surface area contributed by atoms with Gasteiger partial charge in [0, 0.05) is 11.6 Å². The summed E-state index contributed by atoms with van der Waals surface area (Å²) < 4.78 is 10.7. The second kappa shape index (κ2) is 3.79. The summed E-state index contributed by atoms with van der Waals surface area (Å²) in [5, 5.41) is 19.2. The molecule has 1 heterocycles. The number of phenols is 1. The van der Waals surface area contributed by atoms with Gasteiger partial charge in [-0.05, 0) is 6.92 Å². The molecular formula is C10H11ClO4. The van der Waals surface area contributed by atoms with Crippen molar-refractivity contribution in [3.63, 3.8) is 0 Å². The van der Waals surface area contributed by atoms with Crippen molar-refractivity contribution >= 4 is 11.6 Å².